The van der Waals surface area contributed by atoms with Crippen LogP contribution in [-0.2, 0) is 19.0 Å². The minimum atomic E-state index is -0.468. The maximum absolute atomic E-state index is 13.4. The molecule has 2 heterocycles. The lowest BCUT2D eigenvalue weighted by Gasteiger charge is -2.38. The summed E-state index contributed by atoms with van der Waals surface area (Å²) in [5, 5.41) is 10.2. The number of aliphatic hydroxyl groups excluding tert-OH is 1. The molecule has 2 aromatic carbocycles. The summed E-state index contributed by atoms with van der Waals surface area (Å²) in [6, 6.07) is 18.0. The highest BCUT2D eigenvalue weighted by atomic mass is 16.3. The number of aryl methyl sites for hydroxylation is 1. The van der Waals surface area contributed by atoms with Gasteiger partial charge in [0.1, 0.15) is 17.0 Å². The van der Waals surface area contributed by atoms with Crippen molar-refractivity contribution in [2.24, 2.45) is 12.8 Å². The van der Waals surface area contributed by atoms with Crippen LogP contribution in [0.2, 0.25) is 0 Å². The number of fused-ring (bicyclic) bond motifs is 1. The lowest BCUT2D eigenvalue weighted by molar-refractivity contribution is 0.183. The second-order valence-corrected chi connectivity index (χ2v) is 9.22. The average Bonchev–Trinajstić information content (AvgIpc) is 3.19. The smallest absolute Gasteiger partial charge is 0.265 e. The molecule has 0 unspecified atom stereocenters. The molecule has 1 atom stereocenters. The van der Waals surface area contributed by atoms with E-state index in [2.05, 4.69) is 17.1 Å². The highest BCUT2D eigenvalue weighted by molar-refractivity contribution is 6.00. The molecule has 0 spiro atoms. The second-order valence-electron chi connectivity index (χ2n) is 9.22. The Bertz CT molecular complexity index is 1350. The Morgan fingerprint density at radius 2 is 1.82 bits per heavy atom. The normalized spacial score (nSPS) is 16.0. The Labute approximate surface area is 192 Å². The van der Waals surface area contributed by atoms with E-state index in [0.29, 0.717) is 35.5 Å². The van der Waals surface area contributed by atoms with Gasteiger partial charge in [-0.2, -0.15) is 4.98 Å². The fourth-order valence-electron chi connectivity index (χ4n) is 4.62. The Kier molecular flexibility index (Phi) is 5.43. The molecule has 1 aliphatic rings. The van der Waals surface area contributed by atoms with Crippen molar-refractivity contribution in [3.8, 4) is 22.5 Å². The third kappa shape index (κ3) is 3.79. The van der Waals surface area contributed by atoms with Crippen LogP contribution in [0.1, 0.15) is 44.0 Å². The molecular weight excluding hydrogens is 414 g/mol. The molecular formula is C27H29N3O3. The molecule has 0 bridgehead atoms. The fraction of sp³-hybridized carbons (Fsp3) is 0.333. The molecule has 1 saturated carbocycles. The summed E-state index contributed by atoms with van der Waals surface area (Å²) >= 11 is 0. The van der Waals surface area contributed by atoms with Crippen molar-refractivity contribution < 1.29 is 9.52 Å². The summed E-state index contributed by atoms with van der Waals surface area (Å²) in [6.45, 7) is 1.73. The maximum atomic E-state index is 13.4. The fourth-order valence-corrected chi connectivity index (χ4v) is 4.62. The lowest BCUT2D eigenvalue weighted by atomic mass is 9.72. The number of furan rings is 1. The molecule has 1 fully saturated rings. The molecule has 5 rings (SSSR count). The molecule has 1 aliphatic carbocycles. The molecule has 0 aliphatic heterocycles. The second kappa shape index (κ2) is 8.28. The zero-order valence-electron chi connectivity index (χ0n) is 19.0. The van der Waals surface area contributed by atoms with Crippen LogP contribution in [0, 0.1) is 0 Å². The van der Waals surface area contributed by atoms with E-state index in [1.54, 1.807) is 18.5 Å². The highest BCUT2D eigenvalue weighted by Crippen LogP contribution is 2.42. The molecule has 2 aromatic heterocycles. The standard InChI is InChI=1S/C27H29N3O3/c1-17(31)9-14-21-29-25-23(26(32)30(21)2)22(18-7-4-3-5-8-18)24(33-25)19-10-12-20(13-11-19)27(28)15-6-16-27/h3-5,7-8,10-13,17,31H,6,9,14-16,28H2,1-2H3/t17-/m0/s1. The summed E-state index contributed by atoms with van der Waals surface area (Å²) in [7, 11) is 1.72. The Morgan fingerprint density at radius 1 is 1.12 bits per heavy atom. The van der Waals surface area contributed by atoms with Crippen molar-refractivity contribution in [2.75, 3.05) is 0 Å². The molecule has 0 radical (unpaired) electrons. The van der Waals surface area contributed by atoms with Gasteiger partial charge in [0.25, 0.3) is 5.56 Å². The van der Waals surface area contributed by atoms with E-state index in [1.807, 2.05) is 42.5 Å². The first-order valence-electron chi connectivity index (χ1n) is 11.5. The third-order valence-corrected chi connectivity index (χ3v) is 6.84. The van der Waals surface area contributed by atoms with Gasteiger partial charge in [-0.05, 0) is 43.7 Å². The Hall–Kier alpha value is -3.22. The molecule has 6 nitrogen and oxygen atoms in total. The first kappa shape index (κ1) is 21.6. The molecule has 4 aromatic rings. The molecule has 0 saturated heterocycles. The Morgan fingerprint density at radius 3 is 2.42 bits per heavy atom. The molecule has 6 heteroatoms. The molecule has 0 amide bonds. The highest BCUT2D eigenvalue weighted by Gasteiger charge is 2.34. The predicted octanol–water partition coefficient (Wildman–Crippen LogP) is 4.51. The summed E-state index contributed by atoms with van der Waals surface area (Å²) in [4.78, 5) is 18.1. The van der Waals surface area contributed by atoms with Crippen LogP contribution in [0.4, 0.5) is 0 Å². The number of rotatable bonds is 6. The predicted molar refractivity (Wildman–Crippen MR) is 130 cm³/mol. The quantitative estimate of drug-likeness (QED) is 0.457. The van der Waals surface area contributed by atoms with Crippen molar-refractivity contribution in [3.63, 3.8) is 0 Å². The number of aliphatic hydroxyl groups is 1. The van der Waals surface area contributed by atoms with Crippen LogP contribution in [0.5, 0.6) is 0 Å². The van der Waals surface area contributed by atoms with Crippen LogP contribution in [0.3, 0.4) is 0 Å². The topological polar surface area (TPSA) is 94.3 Å². The molecule has 170 valence electrons. The summed E-state index contributed by atoms with van der Waals surface area (Å²) in [5.74, 6) is 1.22. The summed E-state index contributed by atoms with van der Waals surface area (Å²) < 4.78 is 7.83. The minimum absolute atomic E-state index is 0.151. The van der Waals surface area contributed by atoms with E-state index in [9.17, 15) is 9.90 Å². The monoisotopic (exact) mass is 443 g/mol. The average molecular weight is 444 g/mol. The van der Waals surface area contributed by atoms with Crippen LogP contribution in [-0.4, -0.2) is 20.8 Å². The van der Waals surface area contributed by atoms with Gasteiger partial charge in [-0.15, -0.1) is 0 Å². The minimum Gasteiger partial charge on any atom is -0.437 e. The first-order valence-corrected chi connectivity index (χ1v) is 11.5. The van der Waals surface area contributed by atoms with Crippen molar-refractivity contribution in [1.29, 1.82) is 0 Å². The van der Waals surface area contributed by atoms with Gasteiger partial charge in [-0.25, -0.2) is 0 Å². The van der Waals surface area contributed by atoms with Gasteiger partial charge < -0.3 is 15.3 Å². The van der Waals surface area contributed by atoms with Gasteiger partial charge >= 0.3 is 0 Å². The number of benzene rings is 2. The molecule has 33 heavy (non-hydrogen) atoms. The third-order valence-electron chi connectivity index (χ3n) is 6.84. The van der Waals surface area contributed by atoms with Gasteiger partial charge in [-0.1, -0.05) is 54.6 Å². The van der Waals surface area contributed by atoms with Gasteiger partial charge in [0.2, 0.25) is 5.71 Å². The maximum Gasteiger partial charge on any atom is 0.265 e. The van der Waals surface area contributed by atoms with Crippen molar-refractivity contribution in [1.82, 2.24) is 9.55 Å². The zero-order valence-corrected chi connectivity index (χ0v) is 19.0. The summed E-state index contributed by atoms with van der Waals surface area (Å²) in [5.41, 5.74) is 10.1. The number of aromatic nitrogens is 2. The van der Waals surface area contributed by atoms with Gasteiger partial charge in [0.05, 0.1) is 6.10 Å². The van der Waals surface area contributed by atoms with E-state index >= 15 is 0 Å². The number of hydrogen-bond donors (Lipinski definition) is 2. The summed E-state index contributed by atoms with van der Waals surface area (Å²) in [6.07, 6.45) is 3.70. The van der Waals surface area contributed by atoms with Crippen LogP contribution >= 0.6 is 0 Å². The van der Waals surface area contributed by atoms with E-state index in [-0.39, 0.29) is 11.1 Å². The van der Waals surface area contributed by atoms with Crippen LogP contribution in [0.15, 0.2) is 63.8 Å². The van der Waals surface area contributed by atoms with E-state index < -0.39 is 6.10 Å². The van der Waals surface area contributed by atoms with Crippen molar-refractivity contribution in [3.05, 3.63) is 76.3 Å². The zero-order chi connectivity index (χ0) is 23.2. The largest absolute Gasteiger partial charge is 0.437 e. The van der Waals surface area contributed by atoms with E-state index in [0.717, 1.165) is 41.5 Å². The van der Waals surface area contributed by atoms with Crippen LogP contribution < -0.4 is 11.3 Å². The van der Waals surface area contributed by atoms with Crippen molar-refractivity contribution >= 4 is 11.1 Å². The van der Waals surface area contributed by atoms with Crippen molar-refractivity contribution in [2.45, 2.75) is 50.7 Å². The SMILES string of the molecule is C[C@H](O)CCc1nc2oc(-c3ccc(C4(N)CCC4)cc3)c(-c3ccccc3)c2c(=O)n1C. The Balaban J connectivity index is 1.69. The van der Waals surface area contributed by atoms with E-state index in [1.165, 1.54) is 0 Å². The first-order chi connectivity index (χ1) is 15.9. The van der Waals surface area contributed by atoms with E-state index in [4.69, 9.17) is 10.2 Å². The van der Waals surface area contributed by atoms with Gasteiger partial charge in [0.15, 0.2) is 0 Å². The van der Waals surface area contributed by atoms with Gasteiger partial charge in [0, 0.05) is 30.1 Å². The number of nitrogens with two attached hydrogens (primary N) is 1. The number of nitrogens with zero attached hydrogens (tertiary/aromatic N) is 2. The molecule has 3 N–H and O–H groups in total. The number of hydrogen-bond acceptors (Lipinski definition) is 5. The van der Waals surface area contributed by atoms with Gasteiger partial charge in [-0.3, -0.25) is 9.36 Å². The van der Waals surface area contributed by atoms with Crippen LogP contribution in [0.25, 0.3) is 33.6 Å². The lowest BCUT2D eigenvalue weighted by Crippen LogP contribution is -2.43.